The Bertz CT molecular complexity index is 725. The van der Waals surface area contributed by atoms with Gasteiger partial charge >= 0.3 is 6.18 Å². The summed E-state index contributed by atoms with van der Waals surface area (Å²) >= 11 is 0. The van der Waals surface area contributed by atoms with Gasteiger partial charge < -0.3 is 10.0 Å². The number of benzene rings is 1. The van der Waals surface area contributed by atoms with E-state index in [9.17, 15) is 23.1 Å². The van der Waals surface area contributed by atoms with Crippen molar-refractivity contribution in [3.8, 4) is 0 Å². The second kappa shape index (κ2) is 7.14. The maximum absolute atomic E-state index is 13.7. The van der Waals surface area contributed by atoms with Crippen LogP contribution in [0.1, 0.15) is 48.9 Å². The van der Waals surface area contributed by atoms with E-state index in [1.807, 2.05) is 19.0 Å². The quantitative estimate of drug-likeness (QED) is 0.864. The van der Waals surface area contributed by atoms with Crippen LogP contribution in [-0.4, -0.2) is 47.7 Å². The molecule has 1 heterocycles. The highest BCUT2D eigenvalue weighted by molar-refractivity contribution is 5.99. The maximum atomic E-state index is 13.7. The zero-order valence-electron chi connectivity index (χ0n) is 15.5. The van der Waals surface area contributed by atoms with Crippen molar-refractivity contribution in [3.05, 3.63) is 29.8 Å². The molecule has 1 amide bonds. The number of hydrogen-bond donors (Lipinski definition) is 1. The van der Waals surface area contributed by atoms with Gasteiger partial charge in [0.05, 0.1) is 0 Å². The number of amides is 1. The van der Waals surface area contributed by atoms with Crippen molar-refractivity contribution in [2.45, 2.75) is 50.4 Å². The third-order valence-electron chi connectivity index (χ3n) is 5.36. The molecule has 1 saturated carbocycles. The Kier molecular flexibility index (Phi) is 5.20. The minimum atomic E-state index is -4.99. The van der Waals surface area contributed by atoms with Crippen molar-refractivity contribution in [3.63, 3.8) is 0 Å². The first-order valence-electron chi connectivity index (χ1n) is 9.12. The molecule has 3 rings (SSSR count). The number of hydrazone groups is 1. The van der Waals surface area contributed by atoms with E-state index in [1.54, 1.807) is 12.1 Å². The van der Waals surface area contributed by atoms with Crippen LogP contribution in [0, 0.1) is 5.92 Å². The Hall–Kier alpha value is -2.09. The molecule has 1 aromatic rings. The topological polar surface area (TPSA) is 56.1 Å². The fourth-order valence-electron chi connectivity index (χ4n) is 3.69. The SMILES string of the molecule is CN(C)c1ccc(C(=O)N2N=C(C3CCCCC3)C[C@@]2(O)C(F)(F)F)cc1. The normalized spacial score (nSPS) is 24.1. The smallest absolute Gasteiger partial charge is 0.378 e. The first kappa shape index (κ1) is 19.7. The van der Waals surface area contributed by atoms with Crippen LogP contribution >= 0.6 is 0 Å². The van der Waals surface area contributed by atoms with Crippen molar-refractivity contribution in [1.82, 2.24) is 5.01 Å². The second-order valence-corrected chi connectivity index (χ2v) is 7.48. The number of alkyl halides is 3. The minimum absolute atomic E-state index is 0.0527. The summed E-state index contributed by atoms with van der Waals surface area (Å²) in [4.78, 5) is 14.6. The molecule has 0 radical (unpaired) electrons. The van der Waals surface area contributed by atoms with Crippen molar-refractivity contribution in [2.24, 2.45) is 11.0 Å². The summed E-state index contributed by atoms with van der Waals surface area (Å²) < 4.78 is 41.0. The van der Waals surface area contributed by atoms with Crippen LogP contribution in [0.5, 0.6) is 0 Å². The number of carbonyl (C=O) groups excluding carboxylic acids is 1. The zero-order valence-corrected chi connectivity index (χ0v) is 15.5. The molecule has 2 aliphatic rings. The molecule has 1 aliphatic heterocycles. The molecular weight excluding hydrogens is 359 g/mol. The van der Waals surface area contributed by atoms with Crippen LogP contribution in [0.4, 0.5) is 18.9 Å². The van der Waals surface area contributed by atoms with Gasteiger partial charge in [0.25, 0.3) is 11.6 Å². The molecule has 0 spiro atoms. The average molecular weight is 383 g/mol. The number of nitrogens with zero attached hydrogens (tertiary/aromatic N) is 3. The first-order chi connectivity index (χ1) is 12.6. The largest absolute Gasteiger partial charge is 0.438 e. The summed E-state index contributed by atoms with van der Waals surface area (Å²) in [5.74, 6) is -1.06. The van der Waals surface area contributed by atoms with Gasteiger partial charge in [0.1, 0.15) is 0 Å². The van der Waals surface area contributed by atoms with Gasteiger partial charge in [-0.05, 0) is 43.0 Å². The summed E-state index contributed by atoms with van der Waals surface area (Å²) in [6.07, 6.45) is -1.29. The van der Waals surface area contributed by atoms with Crippen LogP contribution in [0.25, 0.3) is 0 Å². The lowest BCUT2D eigenvalue weighted by atomic mass is 9.83. The molecule has 0 saturated heterocycles. The third-order valence-corrected chi connectivity index (χ3v) is 5.36. The Balaban J connectivity index is 1.92. The van der Waals surface area contributed by atoms with Gasteiger partial charge in [-0.25, -0.2) is 0 Å². The minimum Gasteiger partial charge on any atom is -0.378 e. The van der Waals surface area contributed by atoms with E-state index in [4.69, 9.17) is 0 Å². The van der Waals surface area contributed by atoms with Crippen molar-refractivity contribution in [2.75, 3.05) is 19.0 Å². The van der Waals surface area contributed by atoms with Gasteiger partial charge in [-0.1, -0.05) is 19.3 Å². The summed E-state index contributed by atoms with van der Waals surface area (Å²) in [5.41, 5.74) is -2.16. The molecule has 0 bridgehead atoms. The van der Waals surface area contributed by atoms with Gasteiger partial charge in [0.15, 0.2) is 0 Å². The zero-order chi connectivity index (χ0) is 19.8. The lowest BCUT2D eigenvalue weighted by Gasteiger charge is -2.32. The molecular formula is C19H24F3N3O2. The van der Waals surface area contributed by atoms with E-state index in [1.165, 1.54) is 12.1 Å². The molecule has 148 valence electrons. The van der Waals surface area contributed by atoms with Crippen LogP contribution < -0.4 is 4.90 Å². The standard InChI is InChI=1S/C19H24F3N3O2/c1-24(2)15-10-8-14(9-11-15)17(26)25-18(27,19(20,21)22)12-16(23-25)13-6-4-3-5-7-13/h8-11,13,27H,3-7,12H2,1-2H3/t18-/m1/s1. The molecule has 1 fully saturated rings. The summed E-state index contributed by atoms with van der Waals surface area (Å²) in [7, 11) is 3.64. The molecule has 27 heavy (non-hydrogen) atoms. The molecule has 1 aromatic carbocycles. The van der Waals surface area contributed by atoms with Crippen LogP contribution in [-0.2, 0) is 0 Å². The number of hydrogen-bond acceptors (Lipinski definition) is 4. The molecule has 0 aromatic heterocycles. The van der Waals surface area contributed by atoms with Crippen molar-refractivity contribution >= 4 is 17.3 Å². The predicted octanol–water partition coefficient (Wildman–Crippen LogP) is 3.79. The Morgan fingerprint density at radius 3 is 2.30 bits per heavy atom. The van der Waals surface area contributed by atoms with Gasteiger partial charge in [-0.15, -0.1) is 0 Å². The number of carbonyl (C=O) groups is 1. The van der Waals surface area contributed by atoms with Crippen molar-refractivity contribution < 1.29 is 23.1 Å². The lowest BCUT2D eigenvalue weighted by Crippen LogP contribution is -2.56. The summed E-state index contributed by atoms with van der Waals surface area (Å²) in [6.45, 7) is 0. The van der Waals surface area contributed by atoms with Crippen molar-refractivity contribution in [1.29, 1.82) is 0 Å². The van der Waals surface area contributed by atoms with E-state index in [0.717, 1.165) is 37.8 Å². The predicted molar refractivity (Wildman–Crippen MR) is 96.6 cm³/mol. The van der Waals surface area contributed by atoms with E-state index < -0.39 is 24.2 Å². The lowest BCUT2D eigenvalue weighted by molar-refractivity contribution is -0.297. The Labute approximate surface area is 156 Å². The highest BCUT2D eigenvalue weighted by Gasteiger charge is 2.63. The van der Waals surface area contributed by atoms with Gasteiger partial charge in [-0.3, -0.25) is 4.79 Å². The summed E-state index contributed by atoms with van der Waals surface area (Å²) in [5, 5.41) is 14.6. The third kappa shape index (κ3) is 3.67. The Morgan fingerprint density at radius 1 is 1.19 bits per heavy atom. The second-order valence-electron chi connectivity index (χ2n) is 7.48. The molecule has 8 heteroatoms. The van der Waals surface area contributed by atoms with E-state index in [-0.39, 0.29) is 22.2 Å². The van der Waals surface area contributed by atoms with E-state index in [2.05, 4.69) is 5.10 Å². The molecule has 1 aliphatic carbocycles. The molecule has 1 atom stereocenters. The number of anilines is 1. The number of halogens is 3. The summed E-state index contributed by atoms with van der Waals surface area (Å²) in [6, 6.07) is 6.18. The fraction of sp³-hybridized carbons (Fsp3) is 0.579. The van der Waals surface area contributed by atoms with Gasteiger partial charge in [-0.2, -0.15) is 23.3 Å². The maximum Gasteiger partial charge on any atom is 0.438 e. The molecule has 5 nitrogen and oxygen atoms in total. The van der Waals surface area contributed by atoms with E-state index >= 15 is 0 Å². The average Bonchev–Trinajstić information content (AvgIpc) is 3.01. The van der Waals surface area contributed by atoms with E-state index in [0.29, 0.717) is 0 Å². The van der Waals surface area contributed by atoms with Crippen LogP contribution in [0.3, 0.4) is 0 Å². The van der Waals surface area contributed by atoms with Gasteiger partial charge in [0.2, 0.25) is 0 Å². The number of rotatable bonds is 3. The number of aliphatic hydroxyl groups is 1. The molecule has 1 N–H and O–H groups in total. The molecule has 0 unspecified atom stereocenters. The first-order valence-corrected chi connectivity index (χ1v) is 9.12. The highest BCUT2D eigenvalue weighted by atomic mass is 19.4. The van der Waals surface area contributed by atoms with Crippen LogP contribution in [0.15, 0.2) is 29.4 Å². The monoisotopic (exact) mass is 383 g/mol. The Morgan fingerprint density at radius 2 is 1.78 bits per heavy atom. The highest BCUT2D eigenvalue weighted by Crippen LogP contribution is 2.43. The fourth-order valence-corrected chi connectivity index (χ4v) is 3.69. The van der Waals surface area contributed by atoms with Gasteiger partial charge in [0, 0.05) is 37.5 Å². The van der Waals surface area contributed by atoms with Crippen LogP contribution in [0.2, 0.25) is 0 Å².